The topological polar surface area (TPSA) is 37.4 Å². The molecular weight excluding hydrogens is 426 g/mol. The molecule has 1 saturated heterocycles. The van der Waals surface area contributed by atoms with E-state index < -0.39 is 10.0 Å². The normalized spacial score (nSPS) is 19.4. The molecule has 3 nitrogen and oxygen atoms in total. The third kappa shape index (κ3) is 5.63. The predicted octanol–water partition coefficient (Wildman–Crippen LogP) is 6.94. The van der Waals surface area contributed by atoms with Crippen LogP contribution in [0.3, 0.4) is 0 Å². The molecule has 172 valence electrons. The number of rotatable bonds is 5. The lowest BCUT2D eigenvalue weighted by molar-refractivity contribution is 0.282. The highest BCUT2D eigenvalue weighted by Crippen LogP contribution is 2.36. The minimum absolute atomic E-state index is 0.0870. The molecule has 3 aromatic rings. The van der Waals surface area contributed by atoms with Gasteiger partial charge in [0.25, 0.3) is 0 Å². The van der Waals surface area contributed by atoms with Gasteiger partial charge in [-0.3, -0.25) is 0 Å². The first-order valence-corrected chi connectivity index (χ1v) is 13.1. The summed E-state index contributed by atoms with van der Waals surface area (Å²) < 4.78 is 28.9. The van der Waals surface area contributed by atoms with Gasteiger partial charge < -0.3 is 0 Å². The van der Waals surface area contributed by atoms with Crippen LogP contribution in [0.4, 0.5) is 0 Å². The monoisotopic (exact) mass is 459 g/mol. The van der Waals surface area contributed by atoms with Crippen LogP contribution in [-0.2, 0) is 10.0 Å². The summed E-state index contributed by atoms with van der Waals surface area (Å²) in [5.74, 6) is 0. The summed E-state index contributed by atoms with van der Waals surface area (Å²) in [6, 6.07) is 25.8. The molecule has 33 heavy (non-hydrogen) atoms. The fourth-order valence-corrected chi connectivity index (χ4v) is 6.22. The zero-order valence-corrected chi connectivity index (χ0v) is 20.6. The Labute approximate surface area is 198 Å². The van der Waals surface area contributed by atoms with Crippen LogP contribution in [-0.4, -0.2) is 25.3 Å². The molecule has 0 N–H and O–H groups in total. The highest BCUT2D eigenvalue weighted by molar-refractivity contribution is 7.89. The van der Waals surface area contributed by atoms with Crippen molar-refractivity contribution in [2.45, 2.75) is 51.0 Å². The van der Waals surface area contributed by atoms with E-state index in [4.69, 9.17) is 0 Å². The Morgan fingerprint density at radius 1 is 0.879 bits per heavy atom. The lowest BCUT2D eigenvalue weighted by Crippen LogP contribution is -2.39. The van der Waals surface area contributed by atoms with Crippen molar-refractivity contribution in [1.82, 2.24) is 4.31 Å². The summed E-state index contributed by atoms with van der Waals surface area (Å²) in [4.78, 5) is 0.374. The van der Waals surface area contributed by atoms with Crippen molar-refractivity contribution < 1.29 is 8.42 Å². The second-order valence-corrected chi connectivity index (χ2v) is 11.7. The molecular formula is C29H33NO2S. The molecule has 1 atom stereocenters. The van der Waals surface area contributed by atoms with E-state index in [1.54, 1.807) is 16.4 Å². The van der Waals surface area contributed by atoms with Crippen molar-refractivity contribution in [3.8, 4) is 11.1 Å². The second kappa shape index (κ2) is 9.66. The van der Waals surface area contributed by atoms with E-state index in [1.807, 2.05) is 37.3 Å². The fraction of sp³-hybridized carbons (Fsp3) is 0.310. The van der Waals surface area contributed by atoms with Gasteiger partial charge in [0.05, 0.1) is 4.90 Å². The number of sulfonamides is 1. The summed E-state index contributed by atoms with van der Waals surface area (Å²) in [5.41, 5.74) is 4.58. The van der Waals surface area contributed by atoms with Gasteiger partial charge in [0.15, 0.2) is 0 Å². The lowest BCUT2D eigenvalue weighted by atomic mass is 9.83. The Hall–Kier alpha value is -2.69. The van der Waals surface area contributed by atoms with E-state index in [-0.39, 0.29) is 11.5 Å². The molecule has 3 aromatic carbocycles. The number of nitrogens with zero attached hydrogens (tertiary/aromatic N) is 1. The third-order valence-corrected chi connectivity index (χ3v) is 8.46. The summed E-state index contributed by atoms with van der Waals surface area (Å²) >= 11 is 0. The van der Waals surface area contributed by atoms with Crippen LogP contribution in [0, 0.1) is 12.3 Å². The van der Waals surface area contributed by atoms with Crippen LogP contribution in [0.1, 0.15) is 44.2 Å². The van der Waals surface area contributed by atoms with Gasteiger partial charge in [-0.25, -0.2) is 8.42 Å². The van der Waals surface area contributed by atoms with Crippen LogP contribution in [0.25, 0.3) is 17.2 Å². The van der Waals surface area contributed by atoms with Gasteiger partial charge >= 0.3 is 0 Å². The maximum absolute atomic E-state index is 13.6. The third-order valence-electron chi connectivity index (χ3n) is 6.52. The molecule has 0 bridgehead atoms. The molecule has 0 saturated carbocycles. The molecule has 0 aromatic heterocycles. The zero-order valence-electron chi connectivity index (χ0n) is 19.7. The van der Waals surface area contributed by atoms with Crippen molar-refractivity contribution in [3.63, 3.8) is 0 Å². The van der Waals surface area contributed by atoms with Crippen LogP contribution in [0.15, 0.2) is 89.8 Å². The van der Waals surface area contributed by atoms with E-state index in [1.165, 1.54) is 11.1 Å². The molecule has 0 spiro atoms. The standard InChI is InChI=1S/C29H33NO2S/c1-23-10-18-28(19-11-23)33(31,32)30-21-7-20-29(2,3)22-27(30)17-14-24-12-15-26(16-13-24)25-8-5-4-6-9-25/h4-6,8-19,27H,7,20-22H2,1-3H3. The highest BCUT2D eigenvalue weighted by Gasteiger charge is 2.36. The zero-order chi connectivity index (χ0) is 23.5. The first-order chi connectivity index (χ1) is 15.7. The van der Waals surface area contributed by atoms with Crippen molar-refractivity contribution in [2.24, 2.45) is 5.41 Å². The van der Waals surface area contributed by atoms with Gasteiger partial charge in [0.2, 0.25) is 10.0 Å². The summed E-state index contributed by atoms with van der Waals surface area (Å²) in [5, 5.41) is 0. The molecule has 1 aliphatic heterocycles. The lowest BCUT2D eigenvalue weighted by Gasteiger charge is -2.30. The molecule has 0 radical (unpaired) electrons. The molecule has 4 rings (SSSR count). The maximum atomic E-state index is 13.6. The highest BCUT2D eigenvalue weighted by atomic mass is 32.2. The van der Waals surface area contributed by atoms with E-state index in [9.17, 15) is 8.42 Å². The number of hydrogen-bond acceptors (Lipinski definition) is 2. The van der Waals surface area contributed by atoms with Gasteiger partial charge in [0, 0.05) is 12.6 Å². The molecule has 1 aliphatic rings. The van der Waals surface area contributed by atoms with Crippen LogP contribution < -0.4 is 0 Å². The average molecular weight is 460 g/mol. The van der Waals surface area contributed by atoms with E-state index >= 15 is 0 Å². The summed E-state index contributed by atoms with van der Waals surface area (Å²) in [7, 11) is -3.57. The first-order valence-electron chi connectivity index (χ1n) is 11.7. The van der Waals surface area contributed by atoms with Crippen molar-refractivity contribution >= 4 is 16.1 Å². The van der Waals surface area contributed by atoms with Gasteiger partial charge in [-0.15, -0.1) is 0 Å². The number of benzene rings is 3. The Kier molecular flexibility index (Phi) is 6.87. The number of aryl methyl sites for hydroxylation is 1. The van der Waals surface area contributed by atoms with Gasteiger partial charge in [-0.1, -0.05) is 98.3 Å². The first kappa shape index (κ1) is 23.5. The summed E-state index contributed by atoms with van der Waals surface area (Å²) in [6.07, 6.45) is 6.84. The second-order valence-electron chi connectivity index (χ2n) is 9.82. The fourth-order valence-electron chi connectivity index (χ4n) is 4.60. The van der Waals surface area contributed by atoms with Gasteiger partial charge in [-0.2, -0.15) is 4.31 Å². The minimum atomic E-state index is -3.57. The van der Waals surface area contributed by atoms with Crippen LogP contribution >= 0.6 is 0 Å². The maximum Gasteiger partial charge on any atom is 0.243 e. The molecule has 0 amide bonds. The quantitative estimate of drug-likeness (QED) is 0.414. The Bertz CT molecular complexity index is 1190. The van der Waals surface area contributed by atoms with Gasteiger partial charge in [-0.05, 0) is 60.4 Å². The average Bonchev–Trinajstić information content (AvgIpc) is 2.96. The van der Waals surface area contributed by atoms with Crippen molar-refractivity contribution in [2.75, 3.05) is 6.54 Å². The Morgan fingerprint density at radius 2 is 1.52 bits per heavy atom. The molecule has 1 fully saturated rings. The van der Waals surface area contributed by atoms with Crippen LogP contribution in [0.5, 0.6) is 0 Å². The SMILES string of the molecule is Cc1ccc(S(=O)(=O)N2CCCC(C)(C)CC2C=Cc2ccc(-c3ccccc3)cc2)cc1. The molecule has 1 heterocycles. The van der Waals surface area contributed by atoms with E-state index in [0.29, 0.717) is 11.4 Å². The van der Waals surface area contributed by atoms with E-state index in [2.05, 4.69) is 62.4 Å². The smallest absolute Gasteiger partial charge is 0.207 e. The number of hydrogen-bond donors (Lipinski definition) is 0. The largest absolute Gasteiger partial charge is 0.243 e. The van der Waals surface area contributed by atoms with Crippen molar-refractivity contribution in [1.29, 1.82) is 0 Å². The Morgan fingerprint density at radius 3 is 2.18 bits per heavy atom. The van der Waals surface area contributed by atoms with Crippen molar-refractivity contribution in [3.05, 3.63) is 96.1 Å². The summed E-state index contributed by atoms with van der Waals surface area (Å²) in [6.45, 7) is 7.00. The molecule has 0 aliphatic carbocycles. The van der Waals surface area contributed by atoms with E-state index in [0.717, 1.165) is 30.4 Å². The van der Waals surface area contributed by atoms with Gasteiger partial charge in [0.1, 0.15) is 0 Å². The predicted molar refractivity (Wildman–Crippen MR) is 137 cm³/mol. The van der Waals surface area contributed by atoms with Crippen LogP contribution in [0.2, 0.25) is 0 Å². The molecule has 4 heteroatoms. The minimum Gasteiger partial charge on any atom is -0.207 e. The Balaban J connectivity index is 1.61. The molecule has 1 unspecified atom stereocenters.